The van der Waals surface area contributed by atoms with Gasteiger partial charge in [0.2, 0.25) is 5.91 Å². The third-order valence-electron chi connectivity index (χ3n) is 16.1. The van der Waals surface area contributed by atoms with Gasteiger partial charge in [-0.2, -0.15) is 0 Å². The standard InChI is InChI=1S/C65H115NO18/c1-3-5-7-9-11-13-15-17-18-19-20-21-22-23-24-25-26-27-28-29-30-31-33-35-37-39-41-43-53(71)66-48(49(70)42-40-38-36-34-32-16-14-12-10-8-6-4-2)47-79-63-59(77)56(74)61(51(45-68)81-63)84-65-60(78)57(75)62(52(46-69)82-65)83-64-58(76)55(73)54(72)50(44-67)80-64/h5,7,11,13,17-18,20-21,40,42,48-52,54-65,67-70,72-78H,3-4,6,8-10,12,14-16,19,22-39,41,43-47H2,1-2H3,(H,66,71)/b7-5-,13-11-,18-17-,21-20-,42-40+. The Hall–Kier alpha value is -2.51. The Morgan fingerprint density at radius 1 is 0.440 bits per heavy atom. The van der Waals surface area contributed by atoms with Crippen molar-refractivity contribution in [3.05, 3.63) is 60.8 Å². The fourth-order valence-corrected chi connectivity index (χ4v) is 10.8. The van der Waals surface area contributed by atoms with Crippen molar-refractivity contribution in [3.63, 3.8) is 0 Å². The average Bonchev–Trinajstić information content (AvgIpc) is 2.98. The first-order valence-electron chi connectivity index (χ1n) is 32.5. The van der Waals surface area contributed by atoms with Gasteiger partial charge in [0.25, 0.3) is 0 Å². The van der Waals surface area contributed by atoms with E-state index in [9.17, 15) is 61.0 Å². The van der Waals surface area contributed by atoms with E-state index in [1.54, 1.807) is 6.08 Å². The Balaban J connectivity index is 1.41. The highest BCUT2D eigenvalue weighted by atomic mass is 16.8. The molecule has 19 nitrogen and oxygen atoms in total. The van der Waals surface area contributed by atoms with Gasteiger partial charge in [0.05, 0.1) is 38.6 Å². The molecule has 84 heavy (non-hydrogen) atoms. The predicted molar refractivity (Wildman–Crippen MR) is 323 cm³/mol. The van der Waals surface area contributed by atoms with E-state index in [4.69, 9.17) is 28.4 Å². The van der Waals surface area contributed by atoms with Crippen LogP contribution in [-0.2, 0) is 33.2 Å². The molecule has 17 unspecified atom stereocenters. The number of unbranched alkanes of at least 4 members (excludes halogenated alkanes) is 24. The second-order valence-corrected chi connectivity index (χ2v) is 23.2. The molecule has 0 bridgehead atoms. The molecule has 3 saturated heterocycles. The van der Waals surface area contributed by atoms with E-state index in [-0.39, 0.29) is 18.9 Å². The summed E-state index contributed by atoms with van der Waals surface area (Å²) in [5.41, 5.74) is 0. The van der Waals surface area contributed by atoms with Crippen molar-refractivity contribution in [1.82, 2.24) is 5.32 Å². The Labute approximate surface area is 503 Å². The number of hydrogen-bond acceptors (Lipinski definition) is 18. The third kappa shape index (κ3) is 30.1. The van der Waals surface area contributed by atoms with Gasteiger partial charge >= 0.3 is 0 Å². The zero-order valence-electron chi connectivity index (χ0n) is 51.1. The molecule has 3 heterocycles. The zero-order chi connectivity index (χ0) is 61.2. The van der Waals surface area contributed by atoms with Crippen LogP contribution in [0.25, 0.3) is 0 Å². The molecule has 3 fully saturated rings. The van der Waals surface area contributed by atoms with Gasteiger partial charge in [0, 0.05) is 6.42 Å². The van der Waals surface area contributed by atoms with Crippen LogP contribution in [0.3, 0.4) is 0 Å². The van der Waals surface area contributed by atoms with Crippen LogP contribution in [0, 0.1) is 0 Å². The Morgan fingerprint density at radius 3 is 1.29 bits per heavy atom. The molecule has 3 rings (SSSR count). The molecular formula is C65H115NO18. The molecule has 3 aliphatic heterocycles. The highest BCUT2D eigenvalue weighted by Gasteiger charge is 2.53. The van der Waals surface area contributed by atoms with Crippen LogP contribution in [0.15, 0.2) is 60.8 Å². The van der Waals surface area contributed by atoms with Crippen molar-refractivity contribution in [3.8, 4) is 0 Å². The first kappa shape index (κ1) is 75.7. The molecule has 488 valence electrons. The minimum atomic E-state index is -1.98. The lowest BCUT2D eigenvalue weighted by Crippen LogP contribution is -2.66. The van der Waals surface area contributed by atoms with Crippen LogP contribution in [0.5, 0.6) is 0 Å². The second-order valence-electron chi connectivity index (χ2n) is 23.2. The van der Waals surface area contributed by atoms with Gasteiger partial charge in [0.15, 0.2) is 18.9 Å². The fourth-order valence-electron chi connectivity index (χ4n) is 10.8. The molecule has 0 spiro atoms. The number of amides is 1. The van der Waals surface area contributed by atoms with E-state index in [0.29, 0.717) is 6.42 Å². The van der Waals surface area contributed by atoms with Gasteiger partial charge in [-0.3, -0.25) is 4.79 Å². The van der Waals surface area contributed by atoms with Crippen LogP contribution in [0.2, 0.25) is 0 Å². The molecule has 19 heteroatoms. The highest BCUT2D eigenvalue weighted by molar-refractivity contribution is 5.76. The Morgan fingerprint density at radius 2 is 0.821 bits per heavy atom. The van der Waals surface area contributed by atoms with Gasteiger partial charge in [-0.1, -0.05) is 209 Å². The maximum atomic E-state index is 13.4. The van der Waals surface area contributed by atoms with Crippen LogP contribution in [0.1, 0.15) is 213 Å². The van der Waals surface area contributed by atoms with Crippen molar-refractivity contribution in [2.45, 2.75) is 317 Å². The van der Waals surface area contributed by atoms with E-state index in [1.165, 1.54) is 109 Å². The summed E-state index contributed by atoms with van der Waals surface area (Å²) in [4.78, 5) is 13.4. The number of aliphatic hydroxyl groups excluding tert-OH is 11. The summed E-state index contributed by atoms with van der Waals surface area (Å²) in [6.07, 6.45) is 29.2. The minimum absolute atomic E-state index is 0.240. The number of carbonyl (C=O) groups is 1. The number of aliphatic hydroxyl groups is 11. The van der Waals surface area contributed by atoms with Crippen LogP contribution >= 0.6 is 0 Å². The summed E-state index contributed by atoms with van der Waals surface area (Å²) in [7, 11) is 0. The number of rotatable bonds is 48. The summed E-state index contributed by atoms with van der Waals surface area (Å²) in [6.45, 7) is 1.60. The molecule has 1 amide bonds. The molecule has 3 aliphatic rings. The molecule has 0 aliphatic carbocycles. The molecule has 0 radical (unpaired) electrons. The lowest BCUT2D eigenvalue weighted by atomic mass is 9.96. The molecule has 0 saturated carbocycles. The summed E-state index contributed by atoms with van der Waals surface area (Å²) in [5.74, 6) is -0.279. The van der Waals surface area contributed by atoms with Gasteiger partial charge in [-0.05, 0) is 57.8 Å². The Bertz CT molecular complexity index is 1770. The number of carbonyl (C=O) groups excluding carboxylic acids is 1. The van der Waals surface area contributed by atoms with Gasteiger partial charge in [-0.15, -0.1) is 0 Å². The molecule has 0 aromatic rings. The number of hydrogen-bond donors (Lipinski definition) is 12. The van der Waals surface area contributed by atoms with Crippen molar-refractivity contribution in [2.24, 2.45) is 0 Å². The van der Waals surface area contributed by atoms with Gasteiger partial charge < -0.3 is 89.9 Å². The van der Waals surface area contributed by atoms with Crippen molar-refractivity contribution in [1.29, 1.82) is 0 Å². The number of allylic oxidation sites excluding steroid dienone is 9. The molecule has 0 aromatic heterocycles. The van der Waals surface area contributed by atoms with Gasteiger partial charge in [0.1, 0.15) is 73.2 Å². The summed E-state index contributed by atoms with van der Waals surface area (Å²) in [5, 5.41) is 120. The molecular weight excluding hydrogens is 1080 g/mol. The highest BCUT2D eigenvalue weighted by Crippen LogP contribution is 2.33. The maximum absolute atomic E-state index is 13.4. The van der Waals surface area contributed by atoms with E-state index < -0.39 is 124 Å². The SMILES string of the molecule is CC/C=C\C/C=C\C/C=C\C/C=C\CCCCCCCCCCCCCCCCC(=O)NC(COC1OC(CO)C(OC2OC(CO)C(OC3OC(CO)C(O)C(O)C3O)C(O)C2O)C(O)C1O)C(O)/C=C/CCCCCCCCCCCC. The summed E-state index contributed by atoms with van der Waals surface area (Å²) >= 11 is 0. The van der Waals surface area contributed by atoms with E-state index in [1.807, 2.05) is 6.08 Å². The number of nitrogens with one attached hydrogen (secondary N) is 1. The largest absolute Gasteiger partial charge is 0.394 e. The summed E-state index contributed by atoms with van der Waals surface area (Å²) < 4.78 is 34.3. The lowest BCUT2D eigenvalue weighted by molar-refractivity contribution is -0.379. The predicted octanol–water partition coefficient (Wildman–Crippen LogP) is 7.21. The minimum Gasteiger partial charge on any atom is -0.394 e. The normalized spacial score (nSPS) is 29.6. The van der Waals surface area contributed by atoms with Crippen molar-refractivity contribution >= 4 is 5.91 Å². The second kappa shape index (κ2) is 47.5. The lowest BCUT2D eigenvalue weighted by Gasteiger charge is -2.48. The monoisotopic (exact) mass is 1200 g/mol. The molecule has 17 atom stereocenters. The molecule has 0 aromatic carbocycles. The van der Waals surface area contributed by atoms with Crippen molar-refractivity contribution in [2.75, 3.05) is 26.4 Å². The van der Waals surface area contributed by atoms with Crippen LogP contribution in [-0.4, -0.2) is 193 Å². The van der Waals surface area contributed by atoms with E-state index >= 15 is 0 Å². The topological polar surface area (TPSA) is 307 Å². The fraction of sp³-hybridized carbons (Fsp3) is 0.831. The Kier molecular flexibility index (Phi) is 42.8. The maximum Gasteiger partial charge on any atom is 0.220 e. The number of ether oxygens (including phenoxy) is 6. The zero-order valence-corrected chi connectivity index (χ0v) is 51.1. The summed E-state index contributed by atoms with van der Waals surface area (Å²) in [6, 6.07) is -0.974. The average molecular weight is 1200 g/mol. The first-order valence-corrected chi connectivity index (χ1v) is 32.5. The van der Waals surface area contributed by atoms with E-state index in [0.717, 1.165) is 77.0 Å². The quantitative estimate of drug-likeness (QED) is 0.0211. The van der Waals surface area contributed by atoms with E-state index in [2.05, 4.69) is 67.8 Å². The van der Waals surface area contributed by atoms with Crippen molar-refractivity contribution < 1.29 is 89.4 Å². The van der Waals surface area contributed by atoms with Crippen LogP contribution < -0.4 is 5.32 Å². The van der Waals surface area contributed by atoms with Gasteiger partial charge in [-0.25, -0.2) is 0 Å². The first-order chi connectivity index (χ1) is 40.8. The smallest absolute Gasteiger partial charge is 0.220 e. The van der Waals surface area contributed by atoms with Crippen LogP contribution in [0.4, 0.5) is 0 Å². The molecule has 12 N–H and O–H groups in total. The third-order valence-corrected chi connectivity index (χ3v) is 16.1.